The Labute approximate surface area is 197 Å². The summed E-state index contributed by atoms with van der Waals surface area (Å²) in [5.74, 6) is 1.89. The molecule has 164 valence electrons. The third-order valence-electron chi connectivity index (χ3n) is 5.62. The van der Waals surface area contributed by atoms with Crippen LogP contribution in [0, 0.1) is 11.3 Å². The number of likely N-dealkylation sites (N-methyl/N-ethyl adjacent to an activating group) is 1. The van der Waals surface area contributed by atoms with Crippen LogP contribution in [0.4, 0.5) is 0 Å². The molecule has 0 saturated heterocycles. The normalized spacial score (nSPS) is 13.3. The minimum Gasteiger partial charge on any atom is -0.493 e. The summed E-state index contributed by atoms with van der Waals surface area (Å²) in [6.07, 6.45) is 0.830. The summed E-state index contributed by atoms with van der Waals surface area (Å²) in [7, 11) is 5.33. The molecule has 0 radical (unpaired) electrons. The lowest BCUT2D eigenvalue weighted by molar-refractivity contribution is 0.309. The number of thioether (sulfide) groups is 1. The molecule has 4 rings (SSSR count). The number of aromatic nitrogens is 1. The molecule has 1 aliphatic rings. The molecule has 0 amide bonds. The molecule has 7 heteroatoms. The van der Waals surface area contributed by atoms with Crippen molar-refractivity contribution in [1.82, 2.24) is 9.88 Å². The van der Waals surface area contributed by atoms with Crippen LogP contribution in [0.3, 0.4) is 0 Å². The van der Waals surface area contributed by atoms with Gasteiger partial charge in [-0.3, -0.25) is 0 Å². The number of nitriles is 1. The van der Waals surface area contributed by atoms with E-state index in [0.717, 1.165) is 52.5 Å². The van der Waals surface area contributed by atoms with Crippen molar-refractivity contribution in [2.45, 2.75) is 23.7 Å². The lowest BCUT2D eigenvalue weighted by Gasteiger charge is -2.28. The Balaban J connectivity index is 1.90. The van der Waals surface area contributed by atoms with Gasteiger partial charge in [0.25, 0.3) is 0 Å². The smallest absolute Gasteiger partial charge is 0.168 e. The standard InChI is InChI=1S/C25H24ClN3O2S/c1-29-12-11-21-19(14-29)23(17-8-6-10-22(30-2)24(17)31-3)18(13-27)25(28-21)32-15-16-7-4-5-9-20(16)26/h4-10H,11-12,14-15H2,1-3H3. The van der Waals surface area contributed by atoms with Gasteiger partial charge < -0.3 is 14.4 Å². The Morgan fingerprint density at radius 2 is 1.97 bits per heavy atom. The highest BCUT2D eigenvalue weighted by atomic mass is 35.5. The summed E-state index contributed by atoms with van der Waals surface area (Å²) in [6.45, 7) is 1.65. The number of rotatable bonds is 6. The van der Waals surface area contributed by atoms with Crippen molar-refractivity contribution in [2.75, 3.05) is 27.8 Å². The minimum atomic E-state index is 0.558. The van der Waals surface area contributed by atoms with Gasteiger partial charge in [0.15, 0.2) is 11.5 Å². The molecule has 1 aromatic heterocycles. The van der Waals surface area contributed by atoms with E-state index in [-0.39, 0.29) is 0 Å². The average Bonchev–Trinajstić information content (AvgIpc) is 2.82. The van der Waals surface area contributed by atoms with Crippen LogP contribution >= 0.6 is 23.4 Å². The van der Waals surface area contributed by atoms with E-state index in [1.54, 1.807) is 26.0 Å². The van der Waals surface area contributed by atoms with E-state index in [9.17, 15) is 5.26 Å². The highest BCUT2D eigenvalue weighted by molar-refractivity contribution is 7.98. The number of hydrogen-bond donors (Lipinski definition) is 0. The van der Waals surface area contributed by atoms with E-state index in [1.807, 2.05) is 42.5 Å². The second-order valence-electron chi connectivity index (χ2n) is 7.61. The topological polar surface area (TPSA) is 58.4 Å². The van der Waals surface area contributed by atoms with E-state index in [4.69, 9.17) is 26.1 Å². The maximum absolute atomic E-state index is 10.3. The summed E-state index contributed by atoms with van der Waals surface area (Å²) in [5.41, 5.74) is 5.40. The number of nitrogens with zero attached hydrogens (tertiary/aromatic N) is 3. The van der Waals surface area contributed by atoms with Gasteiger partial charge in [0.1, 0.15) is 11.1 Å². The van der Waals surface area contributed by atoms with Crippen molar-refractivity contribution in [2.24, 2.45) is 0 Å². The van der Waals surface area contributed by atoms with Crippen LogP contribution in [0.25, 0.3) is 11.1 Å². The zero-order valence-electron chi connectivity index (χ0n) is 18.3. The van der Waals surface area contributed by atoms with Gasteiger partial charge >= 0.3 is 0 Å². The number of fused-ring (bicyclic) bond motifs is 1. The first-order valence-corrected chi connectivity index (χ1v) is 11.7. The van der Waals surface area contributed by atoms with E-state index < -0.39 is 0 Å². The first-order chi connectivity index (χ1) is 15.6. The Hall–Kier alpha value is -2.72. The molecule has 0 saturated carbocycles. The van der Waals surface area contributed by atoms with Crippen molar-refractivity contribution in [3.63, 3.8) is 0 Å². The molecule has 0 bridgehead atoms. The van der Waals surface area contributed by atoms with Crippen LogP contribution in [0.15, 0.2) is 47.5 Å². The summed E-state index contributed by atoms with van der Waals surface area (Å²) >= 11 is 7.90. The Kier molecular flexibility index (Phi) is 6.90. The predicted octanol–water partition coefficient (Wildman–Crippen LogP) is 5.57. The molecule has 5 nitrogen and oxygen atoms in total. The molecule has 0 atom stereocenters. The average molecular weight is 466 g/mol. The SMILES string of the molecule is COc1cccc(-c2c(C#N)c(SCc3ccccc3Cl)nc3c2CN(C)CC3)c1OC. The van der Waals surface area contributed by atoms with Crippen LogP contribution in [0.2, 0.25) is 5.02 Å². The van der Waals surface area contributed by atoms with Gasteiger partial charge in [-0.2, -0.15) is 5.26 Å². The lowest BCUT2D eigenvalue weighted by Crippen LogP contribution is -2.28. The van der Waals surface area contributed by atoms with Crippen LogP contribution in [-0.4, -0.2) is 37.7 Å². The summed E-state index contributed by atoms with van der Waals surface area (Å²) in [4.78, 5) is 7.19. The second kappa shape index (κ2) is 9.83. The van der Waals surface area contributed by atoms with Crippen molar-refractivity contribution in [3.8, 4) is 28.7 Å². The second-order valence-corrected chi connectivity index (χ2v) is 8.98. The van der Waals surface area contributed by atoms with Crippen LogP contribution in [-0.2, 0) is 18.7 Å². The number of methoxy groups -OCH3 is 2. The Morgan fingerprint density at radius 3 is 2.69 bits per heavy atom. The number of pyridine rings is 1. The lowest BCUT2D eigenvalue weighted by atomic mass is 9.91. The quantitative estimate of drug-likeness (QED) is 0.443. The molecule has 1 aliphatic heterocycles. The van der Waals surface area contributed by atoms with Gasteiger partial charge in [-0.05, 0) is 30.3 Å². The summed E-state index contributed by atoms with van der Waals surface area (Å²) in [6, 6.07) is 16.0. The summed E-state index contributed by atoms with van der Waals surface area (Å²) in [5, 5.41) is 11.7. The summed E-state index contributed by atoms with van der Waals surface area (Å²) < 4.78 is 11.3. The molecule has 0 unspecified atom stereocenters. The number of ether oxygens (including phenoxy) is 2. The van der Waals surface area contributed by atoms with E-state index in [0.29, 0.717) is 27.8 Å². The van der Waals surface area contributed by atoms with Crippen LogP contribution in [0.5, 0.6) is 11.5 Å². The number of hydrogen-bond acceptors (Lipinski definition) is 6. The zero-order valence-corrected chi connectivity index (χ0v) is 19.9. The number of benzene rings is 2. The van der Waals surface area contributed by atoms with Crippen molar-refractivity contribution in [1.29, 1.82) is 5.26 Å². The van der Waals surface area contributed by atoms with Gasteiger partial charge in [0, 0.05) is 47.1 Å². The third kappa shape index (κ3) is 4.29. The molecular weight excluding hydrogens is 442 g/mol. The van der Waals surface area contributed by atoms with E-state index in [2.05, 4.69) is 18.0 Å². The molecule has 0 spiro atoms. The van der Waals surface area contributed by atoms with Crippen molar-refractivity contribution >= 4 is 23.4 Å². The minimum absolute atomic E-state index is 0.558. The Morgan fingerprint density at radius 1 is 1.16 bits per heavy atom. The number of halogens is 1. The molecule has 2 aromatic carbocycles. The zero-order chi connectivity index (χ0) is 22.7. The maximum atomic E-state index is 10.3. The highest BCUT2D eigenvalue weighted by Gasteiger charge is 2.27. The van der Waals surface area contributed by atoms with E-state index in [1.165, 1.54) is 0 Å². The number of para-hydroxylation sites is 1. The van der Waals surface area contributed by atoms with Crippen molar-refractivity contribution < 1.29 is 9.47 Å². The fourth-order valence-corrected chi connectivity index (χ4v) is 5.31. The molecule has 3 aromatic rings. The first-order valence-electron chi connectivity index (χ1n) is 10.3. The molecule has 0 N–H and O–H groups in total. The fourth-order valence-electron chi connectivity index (χ4n) is 4.02. The fraction of sp³-hybridized carbons (Fsp3) is 0.280. The predicted molar refractivity (Wildman–Crippen MR) is 129 cm³/mol. The van der Waals surface area contributed by atoms with Crippen LogP contribution in [0.1, 0.15) is 22.4 Å². The van der Waals surface area contributed by atoms with Gasteiger partial charge in [0.2, 0.25) is 0 Å². The molecule has 2 heterocycles. The largest absolute Gasteiger partial charge is 0.493 e. The molecular formula is C25H24ClN3O2S. The van der Waals surface area contributed by atoms with Gasteiger partial charge in [-0.25, -0.2) is 4.98 Å². The van der Waals surface area contributed by atoms with Gasteiger partial charge in [-0.15, -0.1) is 11.8 Å². The van der Waals surface area contributed by atoms with Crippen molar-refractivity contribution in [3.05, 3.63) is 69.9 Å². The van der Waals surface area contributed by atoms with Gasteiger partial charge in [-0.1, -0.05) is 41.9 Å². The maximum Gasteiger partial charge on any atom is 0.168 e. The van der Waals surface area contributed by atoms with Gasteiger partial charge in [0.05, 0.1) is 19.8 Å². The monoisotopic (exact) mass is 465 g/mol. The third-order valence-corrected chi connectivity index (χ3v) is 7.01. The highest BCUT2D eigenvalue weighted by Crippen LogP contribution is 2.44. The Bertz CT molecular complexity index is 1190. The molecule has 0 aliphatic carbocycles. The molecule has 32 heavy (non-hydrogen) atoms. The van der Waals surface area contributed by atoms with Crippen LogP contribution < -0.4 is 9.47 Å². The molecule has 0 fully saturated rings. The van der Waals surface area contributed by atoms with E-state index >= 15 is 0 Å². The first kappa shape index (κ1) is 22.5.